The van der Waals surface area contributed by atoms with E-state index in [9.17, 15) is 12.8 Å². The Bertz CT molecular complexity index is 1030. The van der Waals surface area contributed by atoms with E-state index in [4.69, 9.17) is 4.74 Å². The molecule has 0 bridgehead atoms. The normalized spacial score (nSPS) is 16.7. The second-order valence-corrected chi connectivity index (χ2v) is 9.46. The summed E-state index contributed by atoms with van der Waals surface area (Å²) in [6, 6.07) is 9.65. The largest absolute Gasteiger partial charge is 0.493 e. The molecule has 4 rings (SSSR count). The van der Waals surface area contributed by atoms with E-state index in [2.05, 4.69) is 0 Å². The summed E-state index contributed by atoms with van der Waals surface area (Å²) in [5, 5.41) is 0. The maximum absolute atomic E-state index is 13.9. The molecule has 2 aliphatic rings. The molecule has 1 fully saturated rings. The van der Waals surface area contributed by atoms with Crippen LogP contribution in [0.15, 0.2) is 47.5 Å². The SMILES string of the molecule is CN1C=C(c2cc(S(C)(=O)=O)ccc2OCC2CC2)c2cc(F)ccc2C1. The zero-order chi connectivity index (χ0) is 19.2. The van der Waals surface area contributed by atoms with Crippen LogP contribution in [0, 0.1) is 11.7 Å². The molecular weight excluding hydrogens is 365 g/mol. The summed E-state index contributed by atoms with van der Waals surface area (Å²) in [6.07, 6.45) is 5.44. The fraction of sp³-hybridized carbons (Fsp3) is 0.333. The van der Waals surface area contributed by atoms with Crippen LogP contribution in [-0.2, 0) is 16.4 Å². The standard InChI is InChI=1S/C21H22FNO3S/c1-23-11-15-5-6-16(22)9-18(15)20(12-23)19-10-17(27(2,24)25)7-8-21(19)26-13-14-3-4-14/h5-10,12,14H,3-4,11,13H2,1-2H3. The van der Waals surface area contributed by atoms with Crippen molar-refractivity contribution in [2.75, 3.05) is 19.9 Å². The number of sulfone groups is 1. The van der Waals surface area contributed by atoms with Crippen molar-refractivity contribution in [2.24, 2.45) is 5.92 Å². The van der Waals surface area contributed by atoms with Gasteiger partial charge in [0, 0.05) is 37.2 Å². The summed E-state index contributed by atoms with van der Waals surface area (Å²) in [4.78, 5) is 2.23. The molecule has 1 saturated carbocycles. The van der Waals surface area contributed by atoms with Crippen molar-refractivity contribution in [3.63, 3.8) is 0 Å². The third kappa shape index (κ3) is 3.86. The summed E-state index contributed by atoms with van der Waals surface area (Å²) >= 11 is 0. The van der Waals surface area contributed by atoms with Gasteiger partial charge in [0.25, 0.3) is 0 Å². The van der Waals surface area contributed by atoms with Gasteiger partial charge in [-0.15, -0.1) is 0 Å². The first-order valence-electron chi connectivity index (χ1n) is 8.99. The molecule has 142 valence electrons. The van der Waals surface area contributed by atoms with E-state index in [0.29, 0.717) is 30.4 Å². The Kier molecular flexibility index (Phi) is 4.46. The highest BCUT2D eigenvalue weighted by Gasteiger charge is 2.25. The van der Waals surface area contributed by atoms with Crippen molar-refractivity contribution >= 4 is 15.4 Å². The lowest BCUT2D eigenvalue weighted by Gasteiger charge is -2.27. The van der Waals surface area contributed by atoms with Gasteiger partial charge in [-0.05, 0) is 60.2 Å². The quantitative estimate of drug-likeness (QED) is 0.782. The third-order valence-electron chi connectivity index (χ3n) is 4.97. The van der Waals surface area contributed by atoms with Gasteiger partial charge in [0.2, 0.25) is 0 Å². The predicted octanol–water partition coefficient (Wildman–Crippen LogP) is 3.85. The number of benzene rings is 2. The zero-order valence-electron chi connectivity index (χ0n) is 15.4. The Hall–Kier alpha value is -2.34. The van der Waals surface area contributed by atoms with Crippen LogP contribution in [0.4, 0.5) is 4.39 Å². The van der Waals surface area contributed by atoms with Crippen LogP contribution >= 0.6 is 0 Å². The van der Waals surface area contributed by atoms with Crippen LogP contribution < -0.4 is 4.74 Å². The van der Waals surface area contributed by atoms with Gasteiger partial charge in [0.15, 0.2) is 9.84 Å². The Morgan fingerprint density at radius 1 is 1.15 bits per heavy atom. The van der Waals surface area contributed by atoms with Gasteiger partial charge in [-0.1, -0.05) is 6.07 Å². The first-order chi connectivity index (χ1) is 12.8. The minimum atomic E-state index is -3.37. The lowest BCUT2D eigenvalue weighted by molar-refractivity contribution is 0.298. The highest BCUT2D eigenvalue weighted by molar-refractivity contribution is 7.90. The average Bonchev–Trinajstić information content (AvgIpc) is 3.43. The lowest BCUT2D eigenvalue weighted by Crippen LogP contribution is -2.18. The minimum absolute atomic E-state index is 0.225. The van der Waals surface area contributed by atoms with Crippen molar-refractivity contribution in [3.8, 4) is 5.75 Å². The average molecular weight is 387 g/mol. The first-order valence-corrected chi connectivity index (χ1v) is 10.9. The van der Waals surface area contributed by atoms with Crippen LogP contribution in [0.5, 0.6) is 5.75 Å². The van der Waals surface area contributed by atoms with Gasteiger partial charge >= 0.3 is 0 Å². The summed E-state index contributed by atoms with van der Waals surface area (Å²) < 4.78 is 44.1. The van der Waals surface area contributed by atoms with E-state index >= 15 is 0 Å². The lowest BCUT2D eigenvalue weighted by atomic mass is 9.91. The van der Waals surface area contributed by atoms with Gasteiger partial charge in [0.05, 0.1) is 11.5 Å². The molecule has 0 radical (unpaired) electrons. The smallest absolute Gasteiger partial charge is 0.175 e. The van der Waals surface area contributed by atoms with E-state index in [-0.39, 0.29) is 10.7 Å². The van der Waals surface area contributed by atoms with Crippen molar-refractivity contribution in [3.05, 3.63) is 65.1 Å². The minimum Gasteiger partial charge on any atom is -0.493 e. The van der Waals surface area contributed by atoms with E-state index in [1.165, 1.54) is 18.4 Å². The monoisotopic (exact) mass is 387 g/mol. The Labute approximate surface area is 159 Å². The van der Waals surface area contributed by atoms with Gasteiger partial charge in [-0.25, -0.2) is 12.8 Å². The molecule has 0 aromatic heterocycles. The molecule has 4 nitrogen and oxygen atoms in total. The Balaban J connectivity index is 1.86. The predicted molar refractivity (Wildman–Crippen MR) is 103 cm³/mol. The second-order valence-electron chi connectivity index (χ2n) is 7.44. The maximum Gasteiger partial charge on any atom is 0.175 e. The molecule has 0 spiro atoms. The molecule has 0 N–H and O–H groups in total. The maximum atomic E-state index is 13.9. The van der Waals surface area contributed by atoms with Crippen LogP contribution in [0.1, 0.15) is 29.5 Å². The van der Waals surface area contributed by atoms with E-state index in [1.807, 2.05) is 18.1 Å². The van der Waals surface area contributed by atoms with Crippen molar-refractivity contribution < 1.29 is 17.5 Å². The van der Waals surface area contributed by atoms with E-state index in [1.54, 1.807) is 24.3 Å². The fourth-order valence-corrected chi connectivity index (χ4v) is 3.97. The molecule has 6 heteroatoms. The van der Waals surface area contributed by atoms with Gasteiger partial charge < -0.3 is 9.64 Å². The number of rotatable bonds is 5. The molecule has 0 unspecified atom stereocenters. The van der Waals surface area contributed by atoms with Crippen LogP contribution in [-0.4, -0.2) is 33.2 Å². The highest BCUT2D eigenvalue weighted by atomic mass is 32.2. The van der Waals surface area contributed by atoms with Gasteiger partial charge in [-0.3, -0.25) is 0 Å². The third-order valence-corrected chi connectivity index (χ3v) is 6.08. The molecular formula is C21H22FNO3S. The van der Waals surface area contributed by atoms with Crippen molar-refractivity contribution in [1.82, 2.24) is 4.90 Å². The molecule has 1 aliphatic carbocycles. The first kappa shape index (κ1) is 18.0. The van der Waals surface area contributed by atoms with Crippen LogP contribution in [0.3, 0.4) is 0 Å². The number of halogens is 1. The van der Waals surface area contributed by atoms with Gasteiger partial charge in [-0.2, -0.15) is 0 Å². The molecule has 0 atom stereocenters. The summed E-state index contributed by atoms with van der Waals surface area (Å²) in [6.45, 7) is 1.29. The highest BCUT2D eigenvalue weighted by Crippen LogP contribution is 2.39. The number of ether oxygens (including phenoxy) is 1. The second kappa shape index (κ2) is 6.68. The topological polar surface area (TPSA) is 46.6 Å². The number of nitrogens with zero attached hydrogens (tertiary/aromatic N) is 1. The van der Waals surface area contributed by atoms with Crippen molar-refractivity contribution in [2.45, 2.75) is 24.3 Å². The molecule has 0 amide bonds. The summed E-state index contributed by atoms with van der Waals surface area (Å²) in [5.74, 6) is 0.884. The Morgan fingerprint density at radius 3 is 2.63 bits per heavy atom. The molecule has 1 heterocycles. The number of hydrogen-bond donors (Lipinski definition) is 0. The van der Waals surface area contributed by atoms with Crippen LogP contribution in [0.25, 0.3) is 5.57 Å². The zero-order valence-corrected chi connectivity index (χ0v) is 16.2. The molecule has 27 heavy (non-hydrogen) atoms. The summed E-state index contributed by atoms with van der Waals surface area (Å²) in [7, 11) is -1.43. The number of fused-ring (bicyclic) bond motifs is 1. The van der Waals surface area contributed by atoms with Gasteiger partial charge in [0.1, 0.15) is 11.6 Å². The van der Waals surface area contributed by atoms with Crippen molar-refractivity contribution in [1.29, 1.82) is 0 Å². The summed E-state index contributed by atoms with van der Waals surface area (Å²) in [5.41, 5.74) is 3.22. The number of hydrogen-bond acceptors (Lipinski definition) is 4. The van der Waals surface area contributed by atoms with Crippen LogP contribution in [0.2, 0.25) is 0 Å². The molecule has 2 aromatic rings. The Morgan fingerprint density at radius 2 is 1.93 bits per heavy atom. The van der Waals surface area contributed by atoms with E-state index in [0.717, 1.165) is 29.5 Å². The molecule has 0 saturated heterocycles. The molecule has 2 aromatic carbocycles. The molecule has 1 aliphatic heterocycles. The fourth-order valence-electron chi connectivity index (χ4n) is 3.32. The van der Waals surface area contributed by atoms with E-state index < -0.39 is 9.84 Å².